The van der Waals surface area contributed by atoms with Crippen LogP contribution in [-0.4, -0.2) is 37.7 Å². The van der Waals surface area contributed by atoms with Gasteiger partial charge in [0.05, 0.1) is 5.25 Å². The summed E-state index contributed by atoms with van der Waals surface area (Å²) in [5, 5.41) is -0.378. The summed E-state index contributed by atoms with van der Waals surface area (Å²) in [5.41, 5.74) is 2.77. The van der Waals surface area contributed by atoms with Crippen molar-refractivity contribution in [1.82, 2.24) is 9.62 Å². The Labute approximate surface area is 122 Å². The third kappa shape index (κ3) is 3.59. The maximum absolute atomic E-state index is 11.8. The molecule has 1 aliphatic heterocycles. The lowest BCUT2D eigenvalue weighted by atomic mass is 9.99. The first-order valence-corrected chi connectivity index (χ1v) is 8.74. The van der Waals surface area contributed by atoms with Crippen LogP contribution in [0.5, 0.6) is 0 Å². The summed E-state index contributed by atoms with van der Waals surface area (Å²) >= 11 is 0. The van der Waals surface area contributed by atoms with E-state index in [0.29, 0.717) is 6.54 Å². The van der Waals surface area contributed by atoms with Crippen LogP contribution >= 0.6 is 0 Å². The van der Waals surface area contributed by atoms with Crippen molar-refractivity contribution in [2.24, 2.45) is 0 Å². The van der Waals surface area contributed by atoms with Crippen LogP contribution in [0.2, 0.25) is 0 Å². The van der Waals surface area contributed by atoms with Crippen molar-refractivity contribution < 1.29 is 8.42 Å². The maximum atomic E-state index is 11.8. The van der Waals surface area contributed by atoms with Crippen LogP contribution in [0, 0.1) is 0 Å². The molecule has 1 unspecified atom stereocenters. The molecular formula is C15H24N2O2S. The SMILES string of the molecule is CC(CNS(=O)(=O)C(C)C)N1CCc2ccccc2C1. The number of sulfonamides is 1. The number of nitrogens with one attached hydrogen (secondary N) is 1. The normalized spacial score (nSPS) is 18.0. The molecule has 0 aromatic heterocycles. The molecule has 0 amide bonds. The molecule has 0 saturated heterocycles. The van der Waals surface area contributed by atoms with E-state index < -0.39 is 10.0 Å². The molecular weight excluding hydrogens is 272 g/mol. The van der Waals surface area contributed by atoms with E-state index in [-0.39, 0.29) is 11.3 Å². The van der Waals surface area contributed by atoms with Crippen molar-refractivity contribution in [2.75, 3.05) is 13.1 Å². The van der Waals surface area contributed by atoms with Gasteiger partial charge in [-0.3, -0.25) is 4.90 Å². The molecule has 112 valence electrons. The van der Waals surface area contributed by atoms with Crippen molar-refractivity contribution in [3.8, 4) is 0 Å². The van der Waals surface area contributed by atoms with Gasteiger partial charge in [-0.05, 0) is 38.3 Å². The van der Waals surface area contributed by atoms with Gasteiger partial charge in [-0.1, -0.05) is 24.3 Å². The molecule has 0 saturated carbocycles. The van der Waals surface area contributed by atoms with Crippen LogP contribution in [0.3, 0.4) is 0 Å². The lowest BCUT2D eigenvalue weighted by molar-refractivity contribution is 0.192. The number of hydrogen-bond donors (Lipinski definition) is 1. The first kappa shape index (κ1) is 15.5. The highest BCUT2D eigenvalue weighted by Gasteiger charge is 2.22. The summed E-state index contributed by atoms with van der Waals surface area (Å²) in [6.45, 7) is 7.84. The highest BCUT2D eigenvalue weighted by molar-refractivity contribution is 7.90. The molecule has 1 heterocycles. The molecule has 0 spiro atoms. The smallest absolute Gasteiger partial charge is 0.213 e. The molecule has 1 atom stereocenters. The second-order valence-electron chi connectivity index (χ2n) is 5.78. The van der Waals surface area contributed by atoms with Crippen LogP contribution in [0.15, 0.2) is 24.3 Å². The monoisotopic (exact) mass is 296 g/mol. The summed E-state index contributed by atoms with van der Waals surface area (Å²) in [6, 6.07) is 8.69. The Kier molecular flexibility index (Phi) is 4.83. The molecule has 0 bridgehead atoms. The van der Waals surface area contributed by atoms with Crippen LogP contribution in [-0.2, 0) is 23.0 Å². The average molecular weight is 296 g/mol. The first-order valence-electron chi connectivity index (χ1n) is 7.19. The highest BCUT2D eigenvalue weighted by Crippen LogP contribution is 2.20. The van der Waals surface area contributed by atoms with E-state index in [0.717, 1.165) is 19.5 Å². The van der Waals surface area contributed by atoms with E-state index in [1.54, 1.807) is 13.8 Å². The van der Waals surface area contributed by atoms with Crippen molar-refractivity contribution in [3.05, 3.63) is 35.4 Å². The number of fused-ring (bicyclic) bond motifs is 1. The van der Waals surface area contributed by atoms with Crippen molar-refractivity contribution in [3.63, 3.8) is 0 Å². The minimum absolute atomic E-state index is 0.205. The van der Waals surface area contributed by atoms with Gasteiger partial charge in [0, 0.05) is 25.7 Å². The molecule has 1 aliphatic rings. The molecule has 0 fully saturated rings. The zero-order valence-corrected chi connectivity index (χ0v) is 13.3. The maximum Gasteiger partial charge on any atom is 0.213 e. The van der Waals surface area contributed by atoms with E-state index in [1.165, 1.54) is 11.1 Å². The molecule has 1 N–H and O–H groups in total. The van der Waals surface area contributed by atoms with Gasteiger partial charge in [0.2, 0.25) is 10.0 Å². The van der Waals surface area contributed by atoms with Gasteiger partial charge in [0.1, 0.15) is 0 Å². The third-order valence-electron chi connectivity index (χ3n) is 3.98. The average Bonchev–Trinajstić information content (AvgIpc) is 2.44. The van der Waals surface area contributed by atoms with Crippen LogP contribution in [0.25, 0.3) is 0 Å². The topological polar surface area (TPSA) is 49.4 Å². The molecule has 0 radical (unpaired) electrons. The van der Waals surface area contributed by atoms with Gasteiger partial charge < -0.3 is 0 Å². The predicted octanol–water partition coefficient (Wildman–Crippen LogP) is 1.76. The molecule has 1 aromatic rings. The largest absolute Gasteiger partial charge is 0.295 e. The lowest BCUT2D eigenvalue weighted by Crippen LogP contribution is -2.45. The highest BCUT2D eigenvalue weighted by atomic mass is 32.2. The second-order valence-corrected chi connectivity index (χ2v) is 8.10. The summed E-state index contributed by atoms with van der Waals surface area (Å²) in [4.78, 5) is 2.34. The zero-order valence-electron chi connectivity index (χ0n) is 12.5. The van der Waals surface area contributed by atoms with Gasteiger partial charge >= 0.3 is 0 Å². The van der Waals surface area contributed by atoms with E-state index in [2.05, 4.69) is 40.8 Å². The Morgan fingerprint density at radius 3 is 2.50 bits per heavy atom. The van der Waals surface area contributed by atoms with Crippen molar-refractivity contribution >= 4 is 10.0 Å². The Hall–Kier alpha value is -0.910. The number of hydrogen-bond acceptors (Lipinski definition) is 3. The van der Waals surface area contributed by atoms with E-state index >= 15 is 0 Å². The summed E-state index contributed by atoms with van der Waals surface area (Å²) in [7, 11) is -3.17. The summed E-state index contributed by atoms with van der Waals surface area (Å²) in [5.74, 6) is 0. The van der Waals surface area contributed by atoms with Gasteiger partial charge in [-0.25, -0.2) is 13.1 Å². The summed E-state index contributed by atoms with van der Waals surface area (Å²) in [6.07, 6.45) is 1.04. The lowest BCUT2D eigenvalue weighted by Gasteiger charge is -2.33. The van der Waals surface area contributed by atoms with Gasteiger partial charge in [0.15, 0.2) is 0 Å². The van der Waals surface area contributed by atoms with Crippen molar-refractivity contribution in [1.29, 1.82) is 0 Å². The minimum Gasteiger partial charge on any atom is -0.295 e. The Morgan fingerprint density at radius 1 is 1.20 bits per heavy atom. The fourth-order valence-electron chi connectivity index (χ4n) is 2.43. The van der Waals surface area contributed by atoms with E-state index in [1.807, 2.05) is 0 Å². The molecule has 5 heteroatoms. The number of rotatable bonds is 5. The Balaban J connectivity index is 1.94. The van der Waals surface area contributed by atoms with Crippen LogP contribution in [0.1, 0.15) is 31.9 Å². The van der Waals surface area contributed by atoms with E-state index in [9.17, 15) is 8.42 Å². The van der Waals surface area contributed by atoms with Gasteiger partial charge in [-0.2, -0.15) is 0 Å². The first-order chi connectivity index (χ1) is 9.40. The fourth-order valence-corrected chi connectivity index (χ4v) is 3.23. The fraction of sp³-hybridized carbons (Fsp3) is 0.600. The van der Waals surface area contributed by atoms with Crippen molar-refractivity contribution in [2.45, 2.75) is 45.0 Å². The molecule has 2 rings (SSSR count). The molecule has 4 nitrogen and oxygen atoms in total. The van der Waals surface area contributed by atoms with Gasteiger partial charge in [0.25, 0.3) is 0 Å². The minimum atomic E-state index is -3.17. The van der Waals surface area contributed by atoms with Crippen LogP contribution in [0.4, 0.5) is 0 Å². The Bertz CT molecular complexity index is 555. The third-order valence-corrected chi connectivity index (χ3v) is 5.79. The molecule has 1 aromatic carbocycles. The molecule has 20 heavy (non-hydrogen) atoms. The molecule has 0 aliphatic carbocycles. The Morgan fingerprint density at radius 2 is 1.85 bits per heavy atom. The quantitative estimate of drug-likeness (QED) is 0.901. The number of nitrogens with zero attached hydrogens (tertiary/aromatic N) is 1. The summed E-state index contributed by atoms with van der Waals surface area (Å²) < 4.78 is 26.3. The second kappa shape index (κ2) is 6.24. The predicted molar refractivity (Wildman–Crippen MR) is 82.1 cm³/mol. The number of benzene rings is 1. The standard InChI is InChI=1S/C15H24N2O2S/c1-12(2)20(18,19)16-10-13(3)17-9-8-14-6-4-5-7-15(14)11-17/h4-7,12-13,16H,8-11H2,1-3H3. The zero-order chi connectivity index (χ0) is 14.8. The van der Waals surface area contributed by atoms with E-state index in [4.69, 9.17) is 0 Å². The van der Waals surface area contributed by atoms with Gasteiger partial charge in [-0.15, -0.1) is 0 Å². The van der Waals surface area contributed by atoms with Crippen LogP contribution < -0.4 is 4.72 Å².